The molecule has 4 rings (SSSR count). The fourth-order valence-corrected chi connectivity index (χ4v) is 4.16. The average molecular weight is 492 g/mol. The molecule has 0 aliphatic heterocycles. The van der Waals surface area contributed by atoms with Gasteiger partial charge >= 0.3 is 0 Å². The minimum absolute atomic E-state index is 0.0346. The standard InChI is InChI=1S/C24H18ClN5O3S/c1-32-19-5-3-2-4-17(19)18-12-16(10-11-26)28-21(20(18)22(27)31)23-29-30-24(34-23)33-13-14-6-8-15(25)9-7-14/h2-9,12H,10,13H2,1H3,(H2,27,31). The number of carbonyl (C=O) groups is 1. The first-order valence-electron chi connectivity index (χ1n) is 10.0. The van der Waals surface area contributed by atoms with Crippen LogP contribution in [0.4, 0.5) is 0 Å². The van der Waals surface area contributed by atoms with Crippen molar-refractivity contribution in [3.8, 4) is 38.8 Å². The molecule has 4 aromatic rings. The molecule has 1 amide bonds. The van der Waals surface area contributed by atoms with Gasteiger partial charge in [0.2, 0.25) is 0 Å². The number of nitrogens with zero attached hydrogens (tertiary/aromatic N) is 4. The highest BCUT2D eigenvalue weighted by atomic mass is 35.5. The molecule has 0 bridgehead atoms. The van der Waals surface area contributed by atoms with Crippen LogP contribution in [-0.4, -0.2) is 28.2 Å². The van der Waals surface area contributed by atoms with Crippen LogP contribution >= 0.6 is 22.9 Å². The Kier molecular flexibility index (Phi) is 7.01. The van der Waals surface area contributed by atoms with Crippen LogP contribution in [0.2, 0.25) is 5.02 Å². The van der Waals surface area contributed by atoms with Crippen LogP contribution in [0.15, 0.2) is 54.6 Å². The van der Waals surface area contributed by atoms with E-state index >= 15 is 0 Å². The van der Waals surface area contributed by atoms with E-state index in [0.29, 0.717) is 37.8 Å². The summed E-state index contributed by atoms with van der Waals surface area (Å²) in [4.78, 5) is 17.1. The fraction of sp³-hybridized carbons (Fsp3) is 0.125. The number of aromatic nitrogens is 3. The predicted molar refractivity (Wildman–Crippen MR) is 129 cm³/mol. The molecule has 0 atom stereocenters. The van der Waals surface area contributed by atoms with Gasteiger partial charge in [0.15, 0.2) is 5.01 Å². The lowest BCUT2D eigenvalue weighted by Crippen LogP contribution is -2.16. The van der Waals surface area contributed by atoms with Gasteiger partial charge in [-0.15, -0.1) is 5.10 Å². The molecule has 0 fully saturated rings. The van der Waals surface area contributed by atoms with Gasteiger partial charge in [-0.05, 0) is 29.8 Å². The number of primary amides is 1. The van der Waals surface area contributed by atoms with Crippen molar-refractivity contribution in [3.63, 3.8) is 0 Å². The molecule has 2 heterocycles. The highest BCUT2D eigenvalue weighted by Crippen LogP contribution is 2.38. The van der Waals surface area contributed by atoms with Crippen molar-refractivity contribution in [3.05, 3.63) is 76.4 Å². The Labute approximate surface area is 204 Å². The largest absolute Gasteiger partial charge is 0.496 e. The van der Waals surface area contributed by atoms with Crippen LogP contribution in [0.5, 0.6) is 10.9 Å². The third-order valence-corrected chi connectivity index (χ3v) is 5.96. The zero-order valence-electron chi connectivity index (χ0n) is 18.0. The fourth-order valence-electron chi connectivity index (χ4n) is 3.34. The summed E-state index contributed by atoms with van der Waals surface area (Å²) in [6.07, 6.45) is 0.0346. The molecule has 0 saturated carbocycles. The second-order valence-corrected chi connectivity index (χ2v) is 8.45. The number of benzene rings is 2. The lowest BCUT2D eigenvalue weighted by Gasteiger charge is -2.14. The van der Waals surface area contributed by atoms with Crippen LogP contribution in [0.3, 0.4) is 0 Å². The molecule has 2 N–H and O–H groups in total. The van der Waals surface area contributed by atoms with E-state index in [2.05, 4.69) is 21.3 Å². The number of rotatable bonds is 8. The van der Waals surface area contributed by atoms with Gasteiger partial charge in [-0.2, -0.15) is 5.26 Å². The topological polar surface area (TPSA) is 124 Å². The van der Waals surface area contributed by atoms with Gasteiger partial charge in [0.05, 0.1) is 30.9 Å². The van der Waals surface area contributed by atoms with Crippen LogP contribution in [0.25, 0.3) is 21.8 Å². The van der Waals surface area contributed by atoms with E-state index in [-0.39, 0.29) is 24.3 Å². The van der Waals surface area contributed by atoms with Gasteiger partial charge in [-0.1, -0.05) is 58.4 Å². The van der Waals surface area contributed by atoms with Crippen LogP contribution in [0, 0.1) is 11.3 Å². The zero-order chi connectivity index (χ0) is 24.1. The maximum absolute atomic E-state index is 12.6. The number of nitrogens with two attached hydrogens (primary N) is 1. The SMILES string of the molecule is COc1ccccc1-c1cc(CC#N)nc(-c2nnc(OCc3ccc(Cl)cc3)s2)c1C(N)=O. The molecule has 170 valence electrons. The summed E-state index contributed by atoms with van der Waals surface area (Å²) in [5.74, 6) is -0.139. The van der Waals surface area contributed by atoms with E-state index in [9.17, 15) is 10.1 Å². The van der Waals surface area contributed by atoms with E-state index in [4.69, 9.17) is 26.8 Å². The summed E-state index contributed by atoms with van der Waals surface area (Å²) in [5, 5.41) is 18.8. The van der Waals surface area contributed by atoms with Crippen molar-refractivity contribution in [2.24, 2.45) is 5.73 Å². The number of ether oxygens (including phenoxy) is 2. The van der Waals surface area contributed by atoms with Crippen molar-refractivity contribution in [1.29, 1.82) is 5.26 Å². The van der Waals surface area contributed by atoms with E-state index in [1.54, 1.807) is 30.3 Å². The number of halogens is 1. The van der Waals surface area contributed by atoms with E-state index in [1.807, 2.05) is 24.3 Å². The van der Waals surface area contributed by atoms with E-state index < -0.39 is 5.91 Å². The number of nitriles is 1. The Morgan fingerprint density at radius 1 is 1.15 bits per heavy atom. The van der Waals surface area contributed by atoms with Crippen LogP contribution < -0.4 is 15.2 Å². The number of pyridine rings is 1. The minimum atomic E-state index is -0.689. The molecule has 34 heavy (non-hydrogen) atoms. The maximum atomic E-state index is 12.6. The lowest BCUT2D eigenvalue weighted by atomic mass is 9.96. The van der Waals surface area contributed by atoms with Gasteiger partial charge in [-0.25, -0.2) is 4.98 Å². The van der Waals surface area contributed by atoms with Crippen LogP contribution in [0.1, 0.15) is 21.6 Å². The predicted octanol–water partition coefficient (Wildman–Crippen LogP) is 4.67. The molecule has 8 nitrogen and oxygen atoms in total. The second kappa shape index (κ2) is 10.3. The molecule has 0 aliphatic carbocycles. The molecule has 0 unspecified atom stereocenters. The quantitative estimate of drug-likeness (QED) is 0.379. The third kappa shape index (κ3) is 4.98. The minimum Gasteiger partial charge on any atom is -0.496 e. The molecule has 10 heteroatoms. The second-order valence-electron chi connectivity index (χ2n) is 7.07. The summed E-state index contributed by atoms with van der Waals surface area (Å²) in [6.45, 7) is 0.267. The average Bonchev–Trinajstić information content (AvgIpc) is 3.32. The normalized spacial score (nSPS) is 10.5. The molecule has 0 saturated heterocycles. The van der Waals surface area contributed by atoms with Gasteiger partial charge < -0.3 is 15.2 Å². The summed E-state index contributed by atoms with van der Waals surface area (Å²) in [7, 11) is 1.54. The first-order valence-corrected chi connectivity index (χ1v) is 11.2. The monoisotopic (exact) mass is 491 g/mol. The molecule has 0 radical (unpaired) electrons. The smallest absolute Gasteiger partial charge is 0.294 e. The Bertz CT molecular complexity index is 1380. The summed E-state index contributed by atoms with van der Waals surface area (Å²) < 4.78 is 11.2. The summed E-state index contributed by atoms with van der Waals surface area (Å²) in [6, 6.07) is 18.2. The van der Waals surface area contributed by atoms with Crippen molar-refractivity contribution in [2.75, 3.05) is 7.11 Å². The molecular weight excluding hydrogens is 474 g/mol. The summed E-state index contributed by atoms with van der Waals surface area (Å²) in [5.41, 5.74) is 8.70. The zero-order valence-corrected chi connectivity index (χ0v) is 19.6. The van der Waals surface area contributed by atoms with Gasteiger partial charge in [0.25, 0.3) is 11.1 Å². The number of amides is 1. The van der Waals surface area contributed by atoms with E-state index in [0.717, 1.165) is 16.9 Å². The summed E-state index contributed by atoms with van der Waals surface area (Å²) >= 11 is 7.04. The van der Waals surface area contributed by atoms with Crippen LogP contribution in [-0.2, 0) is 13.0 Å². The molecule has 0 aliphatic rings. The lowest BCUT2D eigenvalue weighted by molar-refractivity contribution is 0.100. The highest BCUT2D eigenvalue weighted by molar-refractivity contribution is 7.16. The maximum Gasteiger partial charge on any atom is 0.294 e. The first kappa shape index (κ1) is 23.2. The number of hydrogen-bond donors (Lipinski definition) is 1. The highest BCUT2D eigenvalue weighted by Gasteiger charge is 2.24. The number of methoxy groups -OCH3 is 1. The Hall–Kier alpha value is -4.00. The first-order chi connectivity index (χ1) is 16.5. The Balaban J connectivity index is 1.77. The molecular formula is C24H18ClN5O3S. The Morgan fingerprint density at radius 3 is 2.62 bits per heavy atom. The van der Waals surface area contributed by atoms with Gasteiger partial charge in [0, 0.05) is 16.1 Å². The van der Waals surface area contributed by atoms with Crippen molar-refractivity contribution < 1.29 is 14.3 Å². The van der Waals surface area contributed by atoms with Gasteiger partial charge in [-0.3, -0.25) is 4.79 Å². The Morgan fingerprint density at radius 2 is 1.91 bits per heavy atom. The molecule has 2 aromatic heterocycles. The molecule has 2 aromatic carbocycles. The number of para-hydroxylation sites is 1. The van der Waals surface area contributed by atoms with Crippen molar-refractivity contribution in [1.82, 2.24) is 15.2 Å². The number of carbonyl (C=O) groups excluding carboxylic acids is 1. The van der Waals surface area contributed by atoms with Crippen molar-refractivity contribution in [2.45, 2.75) is 13.0 Å². The number of hydrogen-bond acceptors (Lipinski definition) is 8. The third-order valence-electron chi connectivity index (χ3n) is 4.86. The van der Waals surface area contributed by atoms with Gasteiger partial charge in [0.1, 0.15) is 18.1 Å². The van der Waals surface area contributed by atoms with Crippen molar-refractivity contribution >= 4 is 28.8 Å². The van der Waals surface area contributed by atoms with E-state index in [1.165, 1.54) is 7.11 Å². The molecule has 0 spiro atoms.